The predicted molar refractivity (Wildman–Crippen MR) is 293 cm³/mol. The Kier molecular flexibility index (Phi) is 50.6. The lowest BCUT2D eigenvalue weighted by molar-refractivity contribution is -0.870. The smallest absolute Gasteiger partial charge is 0.457 e. The van der Waals surface area contributed by atoms with Crippen molar-refractivity contribution in [3.63, 3.8) is 0 Å². The maximum atomic E-state index is 12.8. The van der Waals surface area contributed by atoms with Crippen LogP contribution in [0.4, 0.5) is 0 Å². The molecule has 8 nitrogen and oxygen atoms in total. The Morgan fingerprint density at radius 2 is 0.853 bits per heavy atom. The molecule has 0 aromatic rings. The first-order valence-electron chi connectivity index (χ1n) is 28.9. The van der Waals surface area contributed by atoms with Gasteiger partial charge >= 0.3 is 13.8 Å². The van der Waals surface area contributed by atoms with E-state index in [0.29, 0.717) is 24.1 Å². The molecule has 0 aromatic heterocycles. The van der Waals surface area contributed by atoms with Gasteiger partial charge in [0, 0.05) is 13.0 Å². The summed E-state index contributed by atoms with van der Waals surface area (Å²) < 4.78 is 35.3. The summed E-state index contributed by atoms with van der Waals surface area (Å²) in [4.78, 5) is 23.1. The number of ether oxygens (including phenoxy) is 2. The Balaban J connectivity index is 4.04. The molecule has 1 N–H and O–H groups in total. The summed E-state index contributed by atoms with van der Waals surface area (Å²) in [5, 5.41) is 0. The number of quaternary nitrogens is 1. The molecule has 0 rings (SSSR count). The number of hydrogen-bond donors (Lipinski definition) is 1. The number of rotatable bonds is 54. The molecule has 0 bridgehead atoms. The first-order chi connectivity index (χ1) is 33.1. The second-order valence-electron chi connectivity index (χ2n) is 20.7. The number of likely N-dealkylation sites (N-methyl/N-ethyl adjacent to an activating group) is 1. The van der Waals surface area contributed by atoms with Crippen LogP contribution in [0.1, 0.15) is 264 Å². The van der Waals surface area contributed by atoms with E-state index < -0.39 is 13.9 Å². The number of hydrogen-bond acceptors (Lipinski definition) is 6. The molecule has 9 heteroatoms. The number of carbonyl (C=O) groups is 1. The van der Waals surface area contributed by atoms with Gasteiger partial charge < -0.3 is 18.9 Å². The van der Waals surface area contributed by atoms with E-state index >= 15 is 0 Å². The van der Waals surface area contributed by atoms with E-state index in [2.05, 4.69) is 62.5 Å². The van der Waals surface area contributed by atoms with Crippen LogP contribution in [0.2, 0.25) is 0 Å². The molecule has 0 aromatic carbocycles. The average molecular weight is 980 g/mol. The summed E-state index contributed by atoms with van der Waals surface area (Å²) in [5.41, 5.74) is 0. The fraction of sp³-hybridized carbons (Fsp3) is 0.847. The summed E-state index contributed by atoms with van der Waals surface area (Å²) in [6, 6.07) is 0. The van der Waals surface area contributed by atoms with E-state index in [1.807, 2.05) is 21.1 Å². The standard InChI is InChI=1S/C59H112NO7P/c1-6-8-10-12-14-16-18-20-22-24-26-28-29-30-31-32-33-35-37-39-41-43-45-47-49-51-54-64-56-58(57-66-68(62,63)65-55-53-60(3,4)5)67-59(61)52-50-48-46-44-42-40-38-36-34-27-25-23-21-19-17-15-13-11-9-7-2/h8,10,14,16,20,22,26,28,58H,6-7,9,11-13,15,17-19,21,23-25,27,29-57H2,1-5H3/p+1/b10-8-,16-14-,22-20-,28-26-. The van der Waals surface area contributed by atoms with Crippen LogP contribution in [0, 0.1) is 0 Å². The van der Waals surface area contributed by atoms with Crippen molar-refractivity contribution in [2.75, 3.05) is 54.1 Å². The van der Waals surface area contributed by atoms with Crippen molar-refractivity contribution in [2.45, 2.75) is 270 Å². The monoisotopic (exact) mass is 979 g/mol. The van der Waals surface area contributed by atoms with E-state index in [9.17, 15) is 14.3 Å². The molecule has 2 atom stereocenters. The third kappa shape index (κ3) is 55.4. The van der Waals surface area contributed by atoms with Crippen molar-refractivity contribution in [3.05, 3.63) is 48.6 Å². The summed E-state index contributed by atoms with van der Waals surface area (Å²) >= 11 is 0. The van der Waals surface area contributed by atoms with Gasteiger partial charge in [-0.3, -0.25) is 13.8 Å². The van der Waals surface area contributed by atoms with Gasteiger partial charge in [-0.1, -0.05) is 255 Å². The molecule has 400 valence electrons. The van der Waals surface area contributed by atoms with E-state index in [1.165, 1.54) is 186 Å². The van der Waals surface area contributed by atoms with Gasteiger partial charge in [-0.2, -0.15) is 0 Å². The Bertz CT molecular complexity index is 1230. The van der Waals surface area contributed by atoms with Crippen molar-refractivity contribution in [2.24, 2.45) is 0 Å². The van der Waals surface area contributed by atoms with E-state index in [4.69, 9.17) is 18.5 Å². The first-order valence-corrected chi connectivity index (χ1v) is 30.4. The molecule has 0 radical (unpaired) electrons. The molecular formula is C59H113NO7P+. The molecule has 0 amide bonds. The predicted octanol–water partition coefficient (Wildman–Crippen LogP) is 18.2. The fourth-order valence-electron chi connectivity index (χ4n) is 8.25. The van der Waals surface area contributed by atoms with Crippen LogP contribution >= 0.6 is 7.82 Å². The Morgan fingerprint density at radius 3 is 1.28 bits per heavy atom. The molecule has 0 saturated heterocycles. The van der Waals surface area contributed by atoms with Crippen LogP contribution < -0.4 is 0 Å². The van der Waals surface area contributed by atoms with Gasteiger partial charge in [-0.05, 0) is 51.4 Å². The number of nitrogens with zero attached hydrogens (tertiary/aromatic N) is 1. The molecule has 0 aliphatic rings. The Morgan fingerprint density at radius 1 is 0.471 bits per heavy atom. The van der Waals surface area contributed by atoms with Crippen LogP contribution in [-0.2, 0) is 27.9 Å². The van der Waals surface area contributed by atoms with Crippen molar-refractivity contribution < 1.29 is 37.3 Å². The van der Waals surface area contributed by atoms with Gasteiger partial charge in [0.1, 0.15) is 19.3 Å². The zero-order valence-corrected chi connectivity index (χ0v) is 46.5. The highest BCUT2D eigenvalue weighted by atomic mass is 31.2. The first kappa shape index (κ1) is 66.5. The molecule has 2 unspecified atom stereocenters. The minimum Gasteiger partial charge on any atom is -0.457 e. The molecule has 0 heterocycles. The van der Waals surface area contributed by atoms with Gasteiger partial charge in [-0.15, -0.1) is 0 Å². The van der Waals surface area contributed by atoms with Crippen LogP contribution in [0.5, 0.6) is 0 Å². The van der Waals surface area contributed by atoms with Gasteiger partial charge in [0.2, 0.25) is 0 Å². The van der Waals surface area contributed by atoms with Gasteiger partial charge in [0.05, 0.1) is 34.4 Å². The minimum absolute atomic E-state index is 0.0896. The van der Waals surface area contributed by atoms with Crippen molar-refractivity contribution in [1.82, 2.24) is 0 Å². The number of phosphoric ester groups is 1. The highest BCUT2D eigenvalue weighted by Gasteiger charge is 2.26. The maximum Gasteiger partial charge on any atom is 0.472 e. The van der Waals surface area contributed by atoms with Crippen LogP contribution in [0.25, 0.3) is 0 Å². The summed E-state index contributed by atoms with van der Waals surface area (Å²) in [7, 11) is 1.68. The van der Waals surface area contributed by atoms with E-state index in [0.717, 1.165) is 57.8 Å². The lowest BCUT2D eigenvalue weighted by Crippen LogP contribution is -2.37. The molecule has 68 heavy (non-hydrogen) atoms. The summed E-state index contributed by atoms with van der Waals surface area (Å²) in [6.07, 6.45) is 66.0. The molecular weight excluding hydrogens is 866 g/mol. The van der Waals surface area contributed by atoms with Crippen molar-refractivity contribution in [3.8, 4) is 0 Å². The Hall–Kier alpha value is -1.54. The third-order valence-corrected chi connectivity index (χ3v) is 13.6. The fourth-order valence-corrected chi connectivity index (χ4v) is 8.99. The highest BCUT2D eigenvalue weighted by Crippen LogP contribution is 2.43. The number of unbranched alkanes of at least 4 members (excludes halogenated alkanes) is 32. The van der Waals surface area contributed by atoms with E-state index in [1.54, 1.807) is 0 Å². The molecule has 0 aliphatic heterocycles. The summed E-state index contributed by atoms with van der Waals surface area (Å²) in [6.45, 7) is 5.56. The zero-order chi connectivity index (χ0) is 49.8. The van der Waals surface area contributed by atoms with Gasteiger partial charge in [0.15, 0.2) is 0 Å². The third-order valence-electron chi connectivity index (χ3n) is 12.7. The minimum atomic E-state index is -4.28. The average Bonchev–Trinajstić information content (AvgIpc) is 3.30. The van der Waals surface area contributed by atoms with Crippen LogP contribution in [0.3, 0.4) is 0 Å². The summed E-state index contributed by atoms with van der Waals surface area (Å²) in [5.74, 6) is -0.309. The van der Waals surface area contributed by atoms with E-state index in [-0.39, 0.29) is 25.8 Å². The van der Waals surface area contributed by atoms with Crippen molar-refractivity contribution in [1.29, 1.82) is 0 Å². The van der Waals surface area contributed by atoms with Crippen LogP contribution in [-0.4, -0.2) is 75.6 Å². The van der Waals surface area contributed by atoms with Crippen molar-refractivity contribution >= 4 is 13.8 Å². The number of esters is 1. The quantitative estimate of drug-likeness (QED) is 0.0213. The molecule has 0 aliphatic carbocycles. The van der Waals surface area contributed by atoms with Crippen LogP contribution in [0.15, 0.2) is 48.6 Å². The second kappa shape index (κ2) is 51.8. The normalized spacial score (nSPS) is 13.8. The topological polar surface area (TPSA) is 91.3 Å². The number of allylic oxidation sites excluding steroid dienone is 8. The molecule has 0 spiro atoms. The molecule has 0 saturated carbocycles. The number of phosphoric acid groups is 1. The Labute approximate surface area is 422 Å². The largest absolute Gasteiger partial charge is 0.472 e. The maximum absolute atomic E-state index is 12.8. The lowest BCUT2D eigenvalue weighted by atomic mass is 10.0. The van der Waals surface area contributed by atoms with Gasteiger partial charge in [-0.25, -0.2) is 4.57 Å². The zero-order valence-electron chi connectivity index (χ0n) is 45.6. The van der Waals surface area contributed by atoms with Gasteiger partial charge in [0.25, 0.3) is 0 Å². The SMILES string of the molecule is CC/C=C\C/C=C\C/C=C\C/C=C\CCCCCCCCCCCCCCCOCC(COP(=O)(O)OCC[N+](C)(C)C)OC(=O)CCCCCCCCCCCCCCCCCCCCCC. The highest BCUT2D eigenvalue weighted by molar-refractivity contribution is 7.47. The number of carbonyl (C=O) groups excluding carboxylic acids is 1. The lowest BCUT2D eigenvalue weighted by Gasteiger charge is -2.24. The molecule has 0 fully saturated rings. The second-order valence-corrected chi connectivity index (χ2v) is 22.1.